The molecule has 1 fully saturated rings. The highest BCUT2D eigenvalue weighted by Gasteiger charge is 2.40. The van der Waals surface area contributed by atoms with Crippen LogP contribution < -0.4 is 9.98 Å². The van der Waals surface area contributed by atoms with Crippen LogP contribution in [0.3, 0.4) is 0 Å². The predicted octanol–water partition coefficient (Wildman–Crippen LogP) is 1.82. The van der Waals surface area contributed by atoms with Crippen LogP contribution in [0.5, 0.6) is 0 Å². The summed E-state index contributed by atoms with van der Waals surface area (Å²) >= 11 is 6.29. The van der Waals surface area contributed by atoms with Gasteiger partial charge in [-0.15, -0.1) is 16.3 Å². The van der Waals surface area contributed by atoms with Crippen molar-refractivity contribution >= 4 is 23.5 Å². The number of nitrogens with one attached hydrogen (secondary N) is 1. The summed E-state index contributed by atoms with van der Waals surface area (Å²) < 4.78 is 4.61. The molecule has 2 aliphatic rings. The van der Waals surface area contributed by atoms with Gasteiger partial charge in [0.05, 0.1) is 25.4 Å². The molecule has 0 spiro atoms. The first-order chi connectivity index (χ1) is 11.1. The molecule has 0 saturated heterocycles. The smallest absolute Gasteiger partial charge is 0.286 e. The molecule has 4 unspecified atom stereocenters. The summed E-state index contributed by atoms with van der Waals surface area (Å²) in [4.78, 5) is 2.31. The fourth-order valence-electron chi connectivity index (χ4n) is 3.86. The first kappa shape index (κ1) is 19.0. The summed E-state index contributed by atoms with van der Waals surface area (Å²) in [5.41, 5.74) is 1.31. The van der Waals surface area contributed by atoms with Crippen molar-refractivity contribution in [3.63, 3.8) is 0 Å². The van der Waals surface area contributed by atoms with E-state index in [9.17, 15) is 0 Å². The maximum Gasteiger partial charge on any atom is 0.286 e. The van der Waals surface area contributed by atoms with Crippen LogP contribution in [0.15, 0.2) is 0 Å². The van der Waals surface area contributed by atoms with Crippen molar-refractivity contribution in [2.24, 2.45) is 5.92 Å². The molecule has 132 valence electrons. The highest BCUT2D eigenvalue weighted by atomic mass is 35.5. The number of likely N-dealkylation sites (N-methyl/N-ethyl adjacent to an activating group) is 1. The molecule has 5 heteroatoms. The molecule has 2 rings (SSSR count). The van der Waals surface area contributed by atoms with Gasteiger partial charge in [-0.2, -0.15) is 0 Å². The van der Waals surface area contributed by atoms with E-state index >= 15 is 0 Å². The molecule has 23 heavy (non-hydrogen) atoms. The molecule has 1 aliphatic carbocycles. The lowest BCUT2D eigenvalue weighted by atomic mass is 9.79. The maximum absolute atomic E-state index is 9.04. The molecule has 0 aromatic rings. The number of fused-ring (bicyclic) bond motifs is 1. The number of hydrogen-bond donors (Lipinski definition) is 2. The van der Waals surface area contributed by atoms with Crippen molar-refractivity contribution in [1.82, 2.24) is 14.9 Å². The molecule has 0 aromatic heterocycles. The van der Waals surface area contributed by atoms with Gasteiger partial charge in [0.2, 0.25) is 0 Å². The zero-order valence-corrected chi connectivity index (χ0v) is 15.4. The van der Waals surface area contributed by atoms with Crippen molar-refractivity contribution in [2.45, 2.75) is 69.8 Å². The Morgan fingerprint density at radius 3 is 3.00 bits per heavy atom. The fraction of sp³-hybridized carbons (Fsp3) is 0.889. The van der Waals surface area contributed by atoms with Crippen molar-refractivity contribution in [2.75, 3.05) is 26.2 Å². The lowest BCUT2D eigenvalue weighted by Crippen LogP contribution is -2.49. The lowest BCUT2D eigenvalue weighted by Gasteiger charge is -2.31. The summed E-state index contributed by atoms with van der Waals surface area (Å²) in [5, 5.41) is 13.2. The van der Waals surface area contributed by atoms with Gasteiger partial charge in [-0.25, -0.2) is 0 Å². The van der Waals surface area contributed by atoms with E-state index in [1.807, 2.05) is 0 Å². The van der Waals surface area contributed by atoms with E-state index in [1.54, 1.807) is 0 Å². The number of halogens is 1. The van der Waals surface area contributed by atoms with E-state index in [2.05, 4.69) is 34.9 Å². The maximum atomic E-state index is 9.04. The fourth-order valence-corrected chi connectivity index (χ4v) is 4.14. The summed E-state index contributed by atoms with van der Waals surface area (Å²) in [6.07, 6.45) is 8.71. The average Bonchev–Trinajstić information content (AvgIpc) is 2.54. The van der Waals surface area contributed by atoms with Gasteiger partial charge in [0.25, 0.3) is 11.9 Å². The van der Waals surface area contributed by atoms with Gasteiger partial charge >= 0.3 is 0 Å². The zero-order valence-electron chi connectivity index (χ0n) is 14.7. The Balaban J connectivity index is 1.73. The van der Waals surface area contributed by atoms with Gasteiger partial charge in [0, 0.05) is 24.0 Å². The predicted molar refractivity (Wildman–Crippen MR) is 99.6 cm³/mol. The van der Waals surface area contributed by atoms with Gasteiger partial charge in [-0.3, -0.25) is 0 Å². The van der Waals surface area contributed by atoms with Crippen LogP contribution in [-0.2, 0) is 0 Å². The molecular weight excluding hydrogens is 310 g/mol. The van der Waals surface area contributed by atoms with E-state index in [0.29, 0.717) is 18.0 Å². The van der Waals surface area contributed by atoms with Gasteiger partial charge in [-0.05, 0) is 45.7 Å². The zero-order chi connectivity index (χ0) is 16.7. The van der Waals surface area contributed by atoms with Crippen molar-refractivity contribution in [3.8, 4) is 0 Å². The van der Waals surface area contributed by atoms with Crippen molar-refractivity contribution in [3.05, 3.63) is 0 Å². The second kappa shape index (κ2) is 9.80. The number of aliphatic hydroxyl groups excluding tert-OH is 1. The molecule has 0 bridgehead atoms. The first-order valence-corrected chi connectivity index (χ1v) is 9.69. The van der Waals surface area contributed by atoms with Crippen LogP contribution in [0.1, 0.15) is 52.4 Å². The molecule has 1 saturated carbocycles. The Morgan fingerprint density at radius 2 is 2.26 bits per heavy atom. The minimum absolute atomic E-state index is 0.255. The van der Waals surface area contributed by atoms with Crippen molar-refractivity contribution < 1.29 is 5.11 Å². The number of nitrogens with zero attached hydrogens (tertiary/aromatic N) is 2. The molecule has 2 N–H and O–H groups in total. The minimum Gasteiger partial charge on any atom is -0.395 e. The molecule has 4 nitrogen and oxygen atoms in total. The van der Waals surface area contributed by atoms with Crippen LogP contribution in [0.4, 0.5) is 0 Å². The third-order valence-electron chi connectivity index (χ3n) is 5.23. The second-order valence-electron chi connectivity index (χ2n) is 7.00. The number of aliphatic hydroxyl groups is 1. The Labute approximate surface area is 146 Å². The Morgan fingerprint density at radius 1 is 1.43 bits per heavy atom. The van der Waals surface area contributed by atoms with Crippen LogP contribution >= 0.6 is 11.6 Å². The molecule has 4 atom stereocenters. The van der Waals surface area contributed by atoms with Gasteiger partial charge in [0.15, 0.2) is 0 Å². The van der Waals surface area contributed by atoms with Crippen LogP contribution in [0.25, 0.3) is 0 Å². The van der Waals surface area contributed by atoms with E-state index < -0.39 is 0 Å². The van der Waals surface area contributed by atoms with E-state index in [4.69, 9.17) is 16.7 Å². The van der Waals surface area contributed by atoms with E-state index in [-0.39, 0.29) is 12.0 Å². The SMILES string of the molecule is CCN(CCO)CCCC(C)NC1CC=[N+]=C2CC(Cl)CCC21. The second-order valence-corrected chi connectivity index (χ2v) is 7.62. The quantitative estimate of drug-likeness (QED) is 0.496. The minimum atomic E-state index is 0.255. The highest BCUT2D eigenvalue weighted by molar-refractivity contribution is 6.22. The largest absolute Gasteiger partial charge is 0.395 e. The van der Waals surface area contributed by atoms with Gasteiger partial charge in [-0.1, -0.05) is 6.92 Å². The summed E-state index contributed by atoms with van der Waals surface area (Å²) in [5.74, 6) is 0.582. The summed E-state index contributed by atoms with van der Waals surface area (Å²) in [6, 6.07) is 1.05. The van der Waals surface area contributed by atoms with Crippen LogP contribution in [0, 0.1) is 5.92 Å². The first-order valence-electron chi connectivity index (χ1n) is 9.25. The van der Waals surface area contributed by atoms with Gasteiger partial charge < -0.3 is 15.3 Å². The number of hydrogen-bond acceptors (Lipinski definition) is 3. The Hall–Kier alpha value is -0.380. The monoisotopic (exact) mass is 342 g/mol. The Kier molecular flexibility index (Phi) is 8.08. The van der Waals surface area contributed by atoms with Crippen LogP contribution in [0.2, 0.25) is 0 Å². The lowest BCUT2D eigenvalue weighted by molar-refractivity contribution is 0.197. The average molecular weight is 343 g/mol. The molecular formula is C18H33ClN3O+. The van der Waals surface area contributed by atoms with E-state index in [1.165, 1.54) is 25.0 Å². The third-order valence-corrected chi connectivity index (χ3v) is 5.60. The highest BCUT2D eigenvalue weighted by Crippen LogP contribution is 2.29. The molecule has 1 aliphatic heterocycles. The van der Waals surface area contributed by atoms with Crippen LogP contribution in [-0.4, -0.2) is 65.6 Å². The summed E-state index contributed by atoms with van der Waals surface area (Å²) in [6.45, 7) is 7.58. The normalized spacial score (nSPS) is 28.6. The number of rotatable bonds is 9. The standard InChI is InChI=1S/C18H33ClN3O/c1-3-22(11-12-23)10-4-5-14(2)21-17-8-9-20-18-13-15(19)6-7-16(17)18/h9,14-17,21,23H,3-8,10-13H2,1-2H3/q+1. The molecule has 1 heterocycles. The number of alkyl halides is 1. The molecule has 0 aromatic carbocycles. The molecule has 0 radical (unpaired) electrons. The van der Waals surface area contributed by atoms with Crippen molar-refractivity contribution in [1.29, 1.82) is 0 Å². The molecule has 0 amide bonds. The topological polar surface area (TPSA) is 49.6 Å². The van der Waals surface area contributed by atoms with Gasteiger partial charge in [0.1, 0.15) is 0 Å². The summed E-state index contributed by atoms with van der Waals surface area (Å²) in [7, 11) is 0. The van der Waals surface area contributed by atoms with E-state index in [0.717, 1.165) is 38.9 Å². The Bertz CT molecular complexity index is 422. The third kappa shape index (κ3) is 5.88.